The van der Waals surface area contributed by atoms with Crippen molar-refractivity contribution in [2.45, 2.75) is 44.3 Å². The van der Waals surface area contributed by atoms with E-state index in [-0.39, 0.29) is 5.91 Å². The van der Waals surface area contributed by atoms with Crippen LogP contribution in [0.15, 0.2) is 42.0 Å². The summed E-state index contributed by atoms with van der Waals surface area (Å²) in [7, 11) is 0. The van der Waals surface area contributed by atoms with Crippen LogP contribution in [0.1, 0.15) is 44.1 Å². The number of hydrogen-bond donors (Lipinski definition) is 1. The monoisotopic (exact) mass is 303 g/mol. The minimum atomic E-state index is 0.187. The summed E-state index contributed by atoms with van der Waals surface area (Å²) in [5.74, 6) is 2.07. The molecule has 0 aromatic heterocycles. The zero-order chi connectivity index (χ0) is 14.8. The Kier molecular flexibility index (Phi) is 7.44. The van der Waals surface area contributed by atoms with Gasteiger partial charge in [-0.3, -0.25) is 4.79 Å². The highest BCUT2D eigenvalue weighted by Gasteiger charge is 2.05. The molecule has 1 amide bonds. The molecule has 1 N–H and O–H groups in total. The zero-order valence-electron chi connectivity index (χ0n) is 12.6. The van der Waals surface area contributed by atoms with Crippen molar-refractivity contribution in [1.82, 2.24) is 5.32 Å². The normalized spacial score (nSPS) is 14.6. The summed E-state index contributed by atoms with van der Waals surface area (Å²) in [6.07, 6.45) is 9.09. The number of benzene rings is 1. The van der Waals surface area contributed by atoms with Gasteiger partial charge >= 0.3 is 0 Å². The Morgan fingerprint density at radius 2 is 2.05 bits per heavy atom. The minimum absolute atomic E-state index is 0.187. The topological polar surface area (TPSA) is 29.1 Å². The largest absolute Gasteiger partial charge is 0.356 e. The van der Waals surface area contributed by atoms with E-state index in [4.69, 9.17) is 0 Å². The van der Waals surface area contributed by atoms with Gasteiger partial charge in [-0.25, -0.2) is 0 Å². The van der Waals surface area contributed by atoms with Crippen LogP contribution in [0.5, 0.6) is 0 Å². The maximum absolute atomic E-state index is 11.8. The van der Waals surface area contributed by atoms with Crippen LogP contribution in [-0.2, 0) is 10.5 Å². The lowest BCUT2D eigenvalue weighted by atomic mass is 9.97. The molecule has 0 bridgehead atoms. The van der Waals surface area contributed by atoms with Crippen molar-refractivity contribution in [2.75, 3.05) is 12.3 Å². The van der Waals surface area contributed by atoms with E-state index in [9.17, 15) is 4.79 Å². The second-order valence-corrected chi connectivity index (χ2v) is 6.60. The van der Waals surface area contributed by atoms with E-state index in [2.05, 4.69) is 35.7 Å². The number of rotatable bonds is 8. The fourth-order valence-corrected chi connectivity index (χ4v) is 3.41. The summed E-state index contributed by atoms with van der Waals surface area (Å²) in [6.45, 7) is 0.800. The van der Waals surface area contributed by atoms with E-state index >= 15 is 0 Å². The lowest BCUT2D eigenvalue weighted by molar-refractivity contribution is -0.120. The number of hydrogen-bond acceptors (Lipinski definition) is 2. The summed E-state index contributed by atoms with van der Waals surface area (Å²) in [6, 6.07) is 10.4. The molecule has 0 radical (unpaired) electrons. The van der Waals surface area contributed by atoms with Gasteiger partial charge in [0.1, 0.15) is 0 Å². The van der Waals surface area contributed by atoms with Crippen molar-refractivity contribution in [3.05, 3.63) is 47.5 Å². The van der Waals surface area contributed by atoms with Crippen LogP contribution in [-0.4, -0.2) is 18.2 Å². The second kappa shape index (κ2) is 9.67. The molecule has 1 aliphatic rings. The molecule has 0 fully saturated rings. The van der Waals surface area contributed by atoms with Crippen LogP contribution < -0.4 is 5.32 Å². The van der Waals surface area contributed by atoms with E-state index < -0.39 is 0 Å². The third-order valence-electron chi connectivity index (χ3n) is 3.74. The first-order chi connectivity index (χ1) is 10.3. The molecule has 3 heteroatoms. The number of carbonyl (C=O) groups excluding carboxylic acids is 1. The van der Waals surface area contributed by atoms with Gasteiger partial charge in [-0.1, -0.05) is 42.0 Å². The molecule has 1 aromatic rings. The molecule has 2 rings (SSSR count). The molecule has 0 saturated heterocycles. The molecule has 1 aliphatic carbocycles. The first-order valence-corrected chi connectivity index (χ1v) is 9.06. The van der Waals surface area contributed by atoms with Gasteiger partial charge < -0.3 is 5.32 Å². The lowest BCUT2D eigenvalue weighted by Gasteiger charge is -2.12. The standard InChI is InChI=1S/C18H25NOS/c20-18(19-13-11-16-7-3-1-4-8-16)12-14-21-15-17-9-5-2-6-10-17/h2,5-7,9-10H,1,3-4,8,11-15H2,(H,19,20). The van der Waals surface area contributed by atoms with Gasteiger partial charge in [-0.15, -0.1) is 0 Å². The fraction of sp³-hybridized carbons (Fsp3) is 0.500. The molecule has 0 heterocycles. The number of thioether (sulfide) groups is 1. The van der Waals surface area contributed by atoms with Crippen LogP contribution in [0.25, 0.3) is 0 Å². The maximum Gasteiger partial charge on any atom is 0.220 e. The highest BCUT2D eigenvalue weighted by atomic mass is 32.2. The van der Waals surface area contributed by atoms with Gasteiger partial charge in [0.2, 0.25) is 5.91 Å². The average Bonchev–Trinajstić information content (AvgIpc) is 2.54. The fourth-order valence-electron chi connectivity index (χ4n) is 2.51. The molecule has 0 spiro atoms. The average molecular weight is 303 g/mol. The number of allylic oxidation sites excluding steroid dienone is 1. The van der Waals surface area contributed by atoms with Crippen LogP contribution in [0.3, 0.4) is 0 Å². The Hall–Kier alpha value is -1.22. The third-order valence-corrected chi connectivity index (χ3v) is 4.77. The summed E-state index contributed by atoms with van der Waals surface area (Å²) in [5.41, 5.74) is 2.85. The molecule has 0 unspecified atom stereocenters. The van der Waals surface area contributed by atoms with Crippen LogP contribution in [0.2, 0.25) is 0 Å². The van der Waals surface area contributed by atoms with Crippen LogP contribution in [0.4, 0.5) is 0 Å². The maximum atomic E-state index is 11.8. The molecule has 0 aliphatic heterocycles. The van der Waals surface area contributed by atoms with Crippen molar-refractivity contribution < 1.29 is 4.79 Å². The predicted octanol–water partition coefficient (Wildman–Crippen LogP) is 4.32. The SMILES string of the molecule is O=C(CCSCc1ccccc1)NCCC1=CCCCC1. The number of amides is 1. The summed E-state index contributed by atoms with van der Waals surface area (Å²) in [4.78, 5) is 11.8. The predicted molar refractivity (Wildman–Crippen MR) is 91.4 cm³/mol. The number of carbonyl (C=O) groups is 1. The second-order valence-electron chi connectivity index (χ2n) is 5.50. The summed E-state index contributed by atoms with van der Waals surface area (Å²) in [5, 5.41) is 3.04. The summed E-state index contributed by atoms with van der Waals surface area (Å²) < 4.78 is 0. The lowest BCUT2D eigenvalue weighted by Crippen LogP contribution is -2.25. The molecule has 21 heavy (non-hydrogen) atoms. The Morgan fingerprint density at radius 3 is 2.81 bits per heavy atom. The van der Waals surface area contributed by atoms with E-state index in [0.29, 0.717) is 6.42 Å². The van der Waals surface area contributed by atoms with Gasteiger partial charge in [0.25, 0.3) is 0 Å². The van der Waals surface area contributed by atoms with Gasteiger partial charge in [0, 0.05) is 24.5 Å². The third kappa shape index (κ3) is 6.85. The molecule has 1 aromatic carbocycles. The number of nitrogens with one attached hydrogen (secondary N) is 1. The summed E-state index contributed by atoms with van der Waals surface area (Å²) >= 11 is 1.82. The molecular formula is C18H25NOS. The molecular weight excluding hydrogens is 278 g/mol. The first kappa shape index (κ1) is 16.2. The Labute approximate surface area is 132 Å². The highest BCUT2D eigenvalue weighted by Crippen LogP contribution is 2.19. The minimum Gasteiger partial charge on any atom is -0.356 e. The van der Waals surface area contributed by atoms with Gasteiger partial charge in [-0.05, 0) is 37.7 Å². The van der Waals surface area contributed by atoms with E-state index in [1.807, 2.05) is 17.8 Å². The van der Waals surface area contributed by atoms with E-state index in [0.717, 1.165) is 24.5 Å². The molecule has 2 nitrogen and oxygen atoms in total. The van der Waals surface area contributed by atoms with Crippen molar-refractivity contribution in [3.63, 3.8) is 0 Å². The Balaban J connectivity index is 1.50. The van der Waals surface area contributed by atoms with E-state index in [1.165, 1.54) is 36.8 Å². The van der Waals surface area contributed by atoms with Crippen molar-refractivity contribution >= 4 is 17.7 Å². The smallest absolute Gasteiger partial charge is 0.220 e. The molecule has 0 saturated carbocycles. The first-order valence-electron chi connectivity index (χ1n) is 7.91. The molecule has 0 atom stereocenters. The van der Waals surface area contributed by atoms with Gasteiger partial charge in [0.15, 0.2) is 0 Å². The highest BCUT2D eigenvalue weighted by molar-refractivity contribution is 7.98. The van der Waals surface area contributed by atoms with Gasteiger partial charge in [0.05, 0.1) is 0 Å². The Morgan fingerprint density at radius 1 is 1.19 bits per heavy atom. The molecule has 114 valence electrons. The van der Waals surface area contributed by atoms with Crippen LogP contribution in [0, 0.1) is 0 Å². The van der Waals surface area contributed by atoms with E-state index in [1.54, 1.807) is 0 Å². The quantitative estimate of drug-likeness (QED) is 0.572. The van der Waals surface area contributed by atoms with Gasteiger partial charge in [-0.2, -0.15) is 11.8 Å². The van der Waals surface area contributed by atoms with Crippen molar-refractivity contribution in [1.29, 1.82) is 0 Å². The zero-order valence-corrected chi connectivity index (χ0v) is 13.5. The van der Waals surface area contributed by atoms with Crippen molar-refractivity contribution in [3.8, 4) is 0 Å². The van der Waals surface area contributed by atoms with Crippen LogP contribution >= 0.6 is 11.8 Å². The Bertz CT molecular complexity index is 456. The van der Waals surface area contributed by atoms with Crippen molar-refractivity contribution in [2.24, 2.45) is 0 Å².